The van der Waals surface area contributed by atoms with Crippen LogP contribution in [0.15, 0.2) is 170 Å². The minimum absolute atomic E-state index is 0.614. The molecule has 4 nitrogen and oxygen atoms in total. The van der Waals surface area contributed by atoms with Gasteiger partial charge in [0.2, 0.25) is 0 Å². The number of hydrogen-bond acceptors (Lipinski definition) is 4. The van der Waals surface area contributed by atoms with E-state index in [0.29, 0.717) is 17.5 Å². The maximum absolute atomic E-state index is 5.19. The predicted molar refractivity (Wildman–Crippen MR) is 205 cm³/mol. The van der Waals surface area contributed by atoms with Crippen LogP contribution >= 0.6 is 0 Å². The topological polar surface area (TPSA) is 51.6 Å². The Kier molecular flexibility index (Phi) is 8.34. The molecule has 0 fully saturated rings. The zero-order valence-electron chi connectivity index (χ0n) is 28.0. The summed E-state index contributed by atoms with van der Waals surface area (Å²) in [5.41, 5.74) is 13.7. The van der Waals surface area contributed by atoms with Gasteiger partial charge in [0.1, 0.15) is 0 Å². The van der Waals surface area contributed by atoms with Crippen LogP contribution in [0, 0.1) is 13.8 Å². The molecule has 2 aromatic heterocycles. The van der Waals surface area contributed by atoms with Crippen molar-refractivity contribution in [2.75, 3.05) is 0 Å². The fourth-order valence-corrected chi connectivity index (χ4v) is 6.49. The van der Waals surface area contributed by atoms with Crippen molar-refractivity contribution < 1.29 is 0 Å². The van der Waals surface area contributed by atoms with Crippen LogP contribution in [-0.2, 0) is 0 Å². The summed E-state index contributed by atoms with van der Waals surface area (Å²) in [7, 11) is 0. The Balaban J connectivity index is 1.32. The summed E-state index contributed by atoms with van der Waals surface area (Å²) in [5.74, 6) is 1.85. The van der Waals surface area contributed by atoms with Crippen LogP contribution in [-0.4, -0.2) is 19.9 Å². The number of nitrogens with zero attached hydrogens (tertiary/aromatic N) is 4. The Bertz CT molecular complexity index is 2300. The van der Waals surface area contributed by atoms with E-state index in [-0.39, 0.29) is 0 Å². The molecule has 50 heavy (non-hydrogen) atoms. The lowest BCUT2D eigenvalue weighted by atomic mass is 9.89. The third kappa shape index (κ3) is 6.23. The van der Waals surface area contributed by atoms with Crippen LogP contribution in [0.25, 0.3) is 78.7 Å². The summed E-state index contributed by atoms with van der Waals surface area (Å²) in [5, 5.41) is 0. The lowest BCUT2D eigenvalue weighted by molar-refractivity contribution is 1.07. The van der Waals surface area contributed by atoms with E-state index in [9.17, 15) is 0 Å². The van der Waals surface area contributed by atoms with Gasteiger partial charge in [-0.2, -0.15) is 0 Å². The fraction of sp³-hybridized carbons (Fsp3) is 0.0435. The molecule has 0 radical (unpaired) electrons. The van der Waals surface area contributed by atoms with Crippen molar-refractivity contribution in [2.24, 2.45) is 0 Å². The average Bonchev–Trinajstić information content (AvgIpc) is 3.19. The molecule has 4 heteroatoms. The lowest BCUT2D eigenvalue weighted by Gasteiger charge is -2.17. The van der Waals surface area contributed by atoms with Crippen molar-refractivity contribution in [2.45, 2.75) is 13.8 Å². The standard InChI is InChI=1S/C46H34N4/c1-31-21-30-40(32(2)47-31)41-19-12-20-42(43(41)37-17-10-5-11-18-37)46-49-44(38-26-22-35(23-27-38)33-13-6-3-7-14-33)48-45(50-46)39-28-24-36(25-29-39)34-15-8-4-9-16-34/h3-30H,1-2H3. The largest absolute Gasteiger partial charge is 0.258 e. The summed E-state index contributed by atoms with van der Waals surface area (Å²) in [6, 6.07) is 58.8. The molecule has 0 atom stereocenters. The van der Waals surface area contributed by atoms with Crippen molar-refractivity contribution in [1.82, 2.24) is 19.9 Å². The first kappa shape index (κ1) is 30.8. The van der Waals surface area contributed by atoms with Crippen LogP contribution < -0.4 is 0 Å². The van der Waals surface area contributed by atoms with E-state index in [2.05, 4.69) is 159 Å². The highest BCUT2D eigenvalue weighted by Crippen LogP contribution is 2.40. The molecule has 0 spiro atoms. The average molecular weight is 643 g/mol. The molecule has 2 heterocycles. The van der Waals surface area contributed by atoms with Gasteiger partial charge in [0.05, 0.1) is 0 Å². The Morgan fingerprint density at radius 2 is 0.700 bits per heavy atom. The van der Waals surface area contributed by atoms with Gasteiger partial charge in [-0.25, -0.2) is 15.0 Å². The summed E-state index contributed by atoms with van der Waals surface area (Å²) in [4.78, 5) is 20.3. The smallest absolute Gasteiger partial charge is 0.164 e. The minimum Gasteiger partial charge on any atom is -0.258 e. The molecule has 8 aromatic rings. The van der Waals surface area contributed by atoms with Crippen molar-refractivity contribution in [3.05, 3.63) is 181 Å². The quantitative estimate of drug-likeness (QED) is 0.174. The monoisotopic (exact) mass is 642 g/mol. The van der Waals surface area contributed by atoms with E-state index >= 15 is 0 Å². The van der Waals surface area contributed by atoms with Gasteiger partial charge in [0.25, 0.3) is 0 Å². The van der Waals surface area contributed by atoms with Gasteiger partial charge >= 0.3 is 0 Å². The molecule has 0 unspecified atom stereocenters. The molecular formula is C46H34N4. The van der Waals surface area contributed by atoms with Crippen LogP contribution in [0.5, 0.6) is 0 Å². The van der Waals surface area contributed by atoms with Crippen LogP contribution in [0.3, 0.4) is 0 Å². The third-order valence-corrected chi connectivity index (χ3v) is 9.02. The minimum atomic E-state index is 0.614. The molecule has 238 valence electrons. The second kappa shape index (κ2) is 13.5. The van der Waals surface area contributed by atoms with Gasteiger partial charge in [-0.15, -0.1) is 0 Å². The summed E-state index contributed by atoms with van der Waals surface area (Å²) in [6.45, 7) is 4.10. The molecule has 0 bridgehead atoms. The van der Waals surface area contributed by atoms with E-state index in [1.165, 1.54) is 11.1 Å². The van der Waals surface area contributed by atoms with E-state index in [0.717, 1.165) is 61.5 Å². The molecule has 0 N–H and O–H groups in total. The first-order chi connectivity index (χ1) is 24.6. The zero-order chi connectivity index (χ0) is 33.9. The van der Waals surface area contributed by atoms with Crippen molar-refractivity contribution in [3.8, 4) is 78.7 Å². The van der Waals surface area contributed by atoms with Gasteiger partial charge in [-0.05, 0) is 53.3 Å². The predicted octanol–water partition coefficient (Wildman–Crippen LogP) is 11.6. The number of rotatable bonds is 7. The number of aromatic nitrogens is 4. The SMILES string of the molecule is Cc1ccc(-c2cccc(-c3nc(-c4ccc(-c5ccccc5)cc4)nc(-c4ccc(-c5ccccc5)cc4)n3)c2-c2ccccc2)c(C)n1. The molecule has 0 amide bonds. The van der Waals surface area contributed by atoms with Gasteiger partial charge in [0, 0.05) is 39.2 Å². The van der Waals surface area contributed by atoms with E-state index in [4.69, 9.17) is 19.9 Å². The molecule has 0 aliphatic heterocycles. The van der Waals surface area contributed by atoms with Crippen molar-refractivity contribution in [1.29, 1.82) is 0 Å². The van der Waals surface area contributed by atoms with Gasteiger partial charge < -0.3 is 0 Å². The van der Waals surface area contributed by atoms with E-state index < -0.39 is 0 Å². The Morgan fingerprint density at radius 1 is 0.280 bits per heavy atom. The van der Waals surface area contributed by atoms with Crippen LogP contribution in [0.4, 0.5) is 0 Å². The van der Waals surface area contributed by atoms with Gasteiger partial charge in [-0.3, -0.25) is 4.98 Å². The second-order valence-corrected chi connectivity index (χ2v) is 12.4. The Hall–Kier alpha value is -6.52. The number of aryl methyl sites for hydroxylation is 2. The molecular weight excluding hydrogens is 609 g/mol. The van der Waals surface area contributed by atoms with E-state index in [1.807, 2.05) is 25.1 Å². The summed E-state index contributed by atoms with van der Waals surface area (Å²) >= 11 is 0. The van der Waals surface area contributed by atoms with Crippen molar-refractivity contribution in [3.63, 3.8) is 0 Å². The molecule has 0 aliphatic carbocycles. The molecule has 8 rings (SSSR count). The van der Waals surface area contributed by atoms with Crippen LogP contribution in [0.2, 0.25) is 0 Å². The van der Waals surface area contributed by atoms with E-state index in [1.54, 1.807) is 0 Å². The highest BCUT2D eigenvalue weighted by molar-refractivity contribution is 5.94. The zero-order valence-corrected chi connectivity index (χ0v) is 28.0. The summed E-state index contributed by atoms with van der Waals surface area (Å²) in [6.07, 6.45) is 0. The Morgan fingerprint density at radius 3 is 1.20 bits per heavy atom. The maximum atomic E-state index is 5.19. The van der Waals surface area contributed by atoms with Crippen molar-refractivity contribution >= 4 is 0 Å². The normalized spacial score (nSPS) is 11.0. The number of pyridine rings is 1. The highest BCUT2D eigenvalue weighted by Gasteiger charge is 2.20. The lowest BCUT2D eigenvalue weighted by Crippen LogP contribution is -2.02. The Labute approximate surface area is 292 Å². The molecule has 6 aromatic carbocycles. The third-order valence-electron chi connectivity index (χ3n) is 9.02. The highest BCUT2D eigenvalue weighted by atomic mass is 15.0. The number of benzene rings is 6. The van der Waals surface area contributed by atoms with Gasteiger partial charge in [0.15, 0.2) is 17.5 Å². The van der Waals surface area contributed by atoms with Gasteiger partial charge in [-0.1, -0.05) is 164 Å². The first-order valence-electron chi connectivity index (χ1n) is 16.8. The fourth-order valence-electron chi connectivity index (χ4n) is 6.49. The first-order valence-corrected chi connectivity index (χ1v) is 16.8. The maximum Gasteiger partial charge on any atom is 0.164 e. The summed E-state index contributed by atoms with van der Waals surface area (Å²) < 4.78 is 0. The molecule has 0 saturated carbocycles. The second-order valence-electron chi connectivity index (χ2n) is 12.4. The molecule has 0 aliphatic rings. The molecule has 0 saturated heterocycles. The van der Waals surface area contributed by atoms with Crippen LogP contribution in [0.1, 0.15) is 11.4 Å². The number of hydrogen-bond donors (Lipinski definition) is 0.